The summed E-state index contributed by atoms with van der Waals surface area (Å²) in [6, 6.07) is 7.22. The van der Waals surface area contributed by atoms with Crippen LogP contribution in [0.4, 0.5) is 0 Å². The number of nitrogens with two attached hydrogens (primary N) is 1. The van der Waals surface area contributed by atoms with Gasteiger partial charge in [0.1, 0.15) is 11.9 Å². The molecule has 2 rings (SSSR count). The summed E-state index contributed by atoms with van der Waals surface area (Å²) >= 11 is 0. The van der Waals surface area contributed by atoms with Gasteiger partial charge in [-0.05, 0) is 50.2 Å². The number of rotatable bonds is 4. The molecule has 0 atom stereocenters. The zero-order chi connectivity index (χ0) is 12.1. The molecule has 1 saturated heterocycles. The van der Waals surface area contributed by atoms with Gasteiger partial charge in [-0.1, -0.05) is 0 Å². The Labute approximate surface area is 113 Å². The van der Waals surface area contributed by atoms with Crippen LogP contribution < -0.4 is 15.8 Å². The highest BCUT2D eigenvalue weighted by atomic mass is 35.5. The minimum atomic E-state index is -0.0431. The van der Waals surface area contributed by atoms with E-state index in [1.165, 1.54) is 0 Å². The molecule has 0 aromatic heterocycles. The molecular weight excluding hydrogens is 252 g/mol. The van der Waals surface area contributed by atoms with Crippen LogP contribution in [0.25, 0.3) is 0 Å². The maximum absolute atomic E-state index is 11.3. The third-order valence-corrected chi connectivity index (χ3v) is 2.95. The Morgan fingerprint density at radius 3 is 2.44 bits per heavy atom. The number of hydrogen-bond acceptors (Lipinski definition) is 4. The quantitative estimate of drug-likeness (QED) is 0.812. The van der Waals surface area contributed by atoms with Crippen LogP contribution in [0.1, 0.15) is 23.2 Å². The number of piperidine rings is 1. The number of nitrogens with one attached hydrogen (secondary N) is 1. The normalized spacial score (nSPS) is 15.8. The molecule has 1 fully saturated rings. The number of halogens is 1. The second-order valence-electron chi connectivity index (χ2n) is 4.22. The number of carbonyl (C=O) groups is 1. The van der Waals surface area contributed by atoms with Gasteiger partial charge >= 0.3 is 0 Å². The highest BCUT2D eigenvalue weighted by Crippen LogP contribution is 2.17. The van der Waals surface area contributed by atoms with E-state index in [9.17, 15) is 4.79 Å². The number of benzene rings is 1. The van der Waals surface area contributed by atoms with Crippen molar-refractivity contribution in [3.8, 4) is 5.75 Å². The van der Waals surface area contributed by atoms with Crippen molar-refractivity contribution in [2.45, 2.75) is 18.9 Å². The Hall–Kier alpha value is -1.10. The molecule has 18 heavy (non-hydrogen) atoms. The summed E-state index contributed by atoms with van der Waals surface area (Å²) in [4.78, 5) is 11.3. The van der Waals surface area contributed by atoms with Crippen molar-refractivity contribution in [1.29, 1.82) is 0 Å². The lowest BCUT2D eigenvalue weighted by Gasteiger charge is -2.23. The molecule has 3 N–H and O–H groups in total. The van der Waals surface area contributed by atoms with Gasteiger partial charge in [0.25, 0.3) is 0 Å². The zero-order valence-electron chi connectivity index (χ0n) is 10.2. The third kappa shape index (κ3) is 3.98. The molecule has 0 aliphatic carbocycles. The van der Waals surface area contributed by atoms with E-state index in [4.69, 9.17) is 10.5 Å². The predicted octanol–water partition coefficient (Wildman–Crippen LogP) is 1.38. The van der Waals surface area contributed by atoms with Gasteiger partial charge in [0.15, 0.2) is 5.78 Å². The number of carbonyl (C=O) groups excluding carboxylic acids is 1. The predicted molar refractivity (Wildman–Crippen MR) is 73.6 cm³/mol. The van der Waals surface area contributed by atoms with Gasteiger partial charge in [-0.3, -0.25) is 4.79 Å². The SMILES string of the molecule is Cl.NCC(=O)c1ccc(OC2CCNCC2)cc1. The fourth-order valence-corrected chi connectivity index (χ4v) is 1.94. The molecule has 4 nitrogen and oxygen atoms in total. The van der Waals surface area contributed by atoms with Gasteiger partial charge in [0.05, 0.1) is 6.54 Å². The Bertz CT molecular complexity index is 375. The standard InChI is InChI=1S/C13H18N2O2.ClH/c14-9-13(16)10-1-3-11(4-2-10)17-12-5-7-15-8-6-12;/h1-4,12,15H,5-9,14H2;1H. The van der Waals surface area contributed by atoms with Crippen LogP contribution >= 0.6 is 12.4 Å². The maximum atomic E-state index is 11.3. The Balaban J connectivity index is 0.00000162. The van der Waals surface area contributed by atoms with Crippen LogP contribution in [0.2, 0.25) is 0 Å². The third-order valence-electron chi connectivity index (χ3n) is 2.95. The molecule has 0 radical (unpaired) electrons. The van der Waals surface area contributed by atoms with E-state index in [2.05, 4.69) is 5.32 Å². The van der Waals surface area contributed by atoms with Crippen molar-refractivity contribution in [2.24, 2.45) is 5.73 Å². The summed E-state index contributed by atoms with van der Waals surface area (Å²) in [6.07, 6.45) is 2.35. The molecule has 0 amide bonds. The Morgan fingerprint density at radius 2 is 1.89 bits per heavy atom. The number of Topliss-reactive ketones (excluding diaryl/α,β-unsaturated/α-hetero) is 1. The molecule has 0 spiro atoms. The summed E-state index contributed by atoms with van der Waals surface area (Å²) in [5.74, 6) is 0.781. The molecule has 1 aromatic carbocycles. The molecule has 1 heterocycles. The summed E-state index contributed by atoms with van der Waals surface area (Å²) in [5, 5.41) is 3.29. The summed E-state index contributed by atoms with van der Waals surface area (Å²) in [7, 11) is 0. The molecule has 1 aliphatic rings. The van der Waals surface area contributed by atoms with Gasteiger partial charge in [-0.15, -0.1) is 12.4 Å². The average molecular weight is 271 g/mol. The Morgan fingerprint density at radius 1 is 1.28 bits per heavy atom. The lowest BCUT2D eigenvalue weighted by molar-refractivity contribution is 0.100. The highest BCUT2D eigenvalue weighted by molar-refractivity contribution is 5.97. The summed E-state index contributed by atoms with van der Waals surface area (Å²) < 4.78 is 5.84. The first-order valence-corrected chi connectivity index (χ1v) is 6.00. The van der Waals surface area contributed by atoms with Crippen LogP contribution in [0.3, 0.4) is 0 Å². The first-order valence-electron chi connectivity index (χ1n) is 6.00. The van der Waals surface area contributed by atoms with Crippen LogP contribution in [-0.2, 0) is 0 Å². The van der Waals surface area contributed by atoms with Crippen LogP contribution in [0.15, 0.2) is 24.3 Å². The van der Waals surface area contributed by atoms with Crippen LogP contribution in [-0.4, -0.2) is 31.5 Å². The van der Waals surface area contributed by atoms with Gasteiger partial charge in [0.2, 0.25) is 0 Å². The highest BCUT2D eigenvalue weighted by Gasteiger charge is 2.14. The van der Waals surface area contributed by atoms with E-state index in [1.54, 1.807) is 12.1 Å². The topological polar surface area (TPSA) is 64.4 Å². The minimum Gasteiger partial charge on any atom is -0.490 e. The van der Waals surface area contributed by atoms with E-state index < -0.39 is 0 Å². The Kier molecular flexibility index (Phi) is 6.12. The van der Waals surface area contributed by atoms with Crippen molar-refractivity contribution < 1.29 is 9.53 Å². The smallest absolute Gasteiger partial charge is 0.176 e. The second-order valence-corrected chi connectivity index (χ2v) is 4.22. The molecule has 0 bridgehead atoms. The van der Waals surface area contributed by atoms with Crippen molar-refractivity contribution in [1.82, 2.24) is 5.32 Å². The summed E-state index contributed by atoms with van der Waals surface area (Å²) in [5.41, 5.74) is 5.95. The molecule has 0 saturated carbocycles. The number of hydrogen-bond donors (Lipinski definition) is 2. The van der Waals surface area contributed by atoms with E-state index >= 15 is 0 Å². The first-order chi connectivity index (χ1) is 8.29. The number of ether oxygens (including phenoxy) is 1. The van der Waals surface area contributed by atoms with E-state index in [1.807, 2.05) is 12.1 Å². The molecule has 1 aliphatic heterocycles. The van der Waals surface area contributed by atoms with Gasteiger partial charge in [0, 0.05) is 5.56 Å². The second kappa shape index (κ2) is 7.36. The molecule has 5 heteroatoms. The molecule has 1 aromatic rings. The maximum Gasteiger partial charge on any atom is 0.176 e. The van der Waals surface area contributed by atoms with Gasteiger partial charge in [-0.2, -0.15) is 0 Å². The fraction of sp³-hybridized carbons (Fsp3) is 0.462. The largest absolute Gasteiger partial charge is 0.490 e. The van der Waals surface area contributed by atoms with Gasteiger partial charge < -0.3 is 15.8 Å². The van der Waals surface area contributed by atoms with E-state index in [0.29, 0.717) is 5.56 Å². The summed E-state index contributed by atoms with van der Waals surface area (Å²) in [6.45, 7) is 2.07. The monoisotopic (exact) mass is 270 g/mol. The minimum absolute atomic E-state index is 0. The van der Waals surface area contributed by atoms with Crippen molar-refractivity contribution in [3.63, 3.8) is 0 Å². The molecule has 0 unspecified atom stereocenters. The van der Waals surface area contributed by atoms with Crippen LogP contribution in [0.5, 0.6) is 5.75 Å². The van der Waals surface area contributed by atoms with Crippen molar-refractivity contribution in [2.75, 3.05) is 19.6 Å². The van der Waals surface area contributed by atoms with E-state index in [0.717, 1.165) is 31.7 Å². The van der Waals surface area contributed by atoms with Crippen molar-refractivity contribution in [3.05, 3.63) is 29.8 Å². The lowest BCUT2D eigenvalue weighted by Crippen LogP contribution is -2.34. The average Bonchev–Trinajstić information content (AvgIpc) is 2.40. The molecule has 100 valence electrons. The van der Waals surface area contributed by atoms with E-state index in [-0.39, 0.29) is 30.8 Å². The lowest BCUT2D eigenvalue weighted by atomic mass is 10.1. The first kappa shape index (κ1) is 15.0. The van der Waals surface area contributed by atoms with Crippen molar-refractivity contribution >= 4 is 18.2 Å². The van der Waals surface area contributed by atoms with Crippen LogP contribution in [0, 0.1) is 0 Å². The van der Waals surface area contributed by atoms with Gasteiger partial charge in [-0.25, -0.2) is 0 Å². The fourth-order valence-electron chi connectivity index (χ4n) is 1.94. The number of ketones is 1. The molecular formula is C13H19ClN2O2. The zero-order valence-corrected chi connectivity index (χ0v) is 11.0.